The summed E-state index contributed by atoms with van der Waals surface area (Å²) in [5.74, 6) is -0.165. The van der Waals surface area contributed by atoms with Gasteiger partial charge in [-0.1, -0.05) is 37.3 Å². The average molecular weight is 268 g/mol. The molecule has 1 rings (SSSR count). The van der Waals surface area contributed by atoms with Gasteiger partial charge in [-0.15, -0.1) is 0 Å². The molecule has 0 heterocycles. The molecular weight excluding hydrogens is 247 g/mol. The van der Waals surface area contributed by atoms with E-state index in [0.717, 1.165) is 6.42 Å². The standard InChI is InChI=1S/C14H21FN2S/c1-4-11(9-14(16)18)17(3)10(2)12-7-5-6-8-13(12)15/h5-8,10-11H,4,9H2,1-3H3,(H2,16,18). The Hall–Kier alpha value is -1.00. The van der Waals surface area contributed by atoms with Crippen molar-refractivity contribution in [2.24, 2.45) is 5.73 Å². The summed E-state index contributed by atoms with van der Waals surface area (Å²) in [4.78, 5) is 2.65. The molecule has 0 aromatic heterocycles. The Balaban J connectivity index is 2.85. The Labute approximate surface area is 114 Å². The van der Waals surface area contributed by atoms with Crippen molar-refractivity contribution >= 4 is 17.2 Å². The lowest BCUT2D eigenvalue weighted by atomic mass is 10.0. The van der Waals surface area contributed by atoms with E-state index in [-0.39, 0.29) is 17.9 Å². The van der Waals surface area contributed by atoms with Crippen LogP contribution in [0.15, 0.2) is 24.3 Å². The highest BCUT2D eigenvalue weighted by Gasteiger charge is 2.22. The zero-order chi connectivity index (χ0) is 13.7. The lowest BCUT2D eigenvalue weighted by Crippen LogP contribution is -2.36. The number of halogens is 1. The summed E-state index contributed by atoms with van der Waals surface area (Å²) in [5, 5.41) is 0. The predicted octanol–water partition coefficient (Wildman–Crippen LogP) is 3.27. The second-order valence-electron chi connectivity index (χ2n) is 4.60. The molecule has 0 fully saturated rings. The van der Waals surface area contributed by atoms with Crippen LogP contribution in [0.2, 0.25) is 0 Å². The number of rotatable bonds is 6. The predicted molar refractivity (Wildman–Crippen MR) is 78.1 cm³/mol. The monoisotopic (exact) mass is 268 g/mol. The van der Waals surface area contributed by atoms with Gasteiger partial charge in [0.15, 0.2) is 0 Å². The number of benzene rings is 1. The smallest absolute Gasteiger partial charge is 0.127 e. The maximum absolute atomic E-state index is 13.8. The Morgan fingerprint density at radius 3 is 2.56 bits per heavy atom. The van der Waals surface area contributed by atoms with Crippen molar-refractivity contribution in [3.63, 3.8) is 0 Å². The first kappa shape index (κ1) is 15.1. The van der Waals surface area contributed by atoms with E-state index in [9.17, 15) is 4.39 Å². The van der Waals surface area contributed by atoms with Crippen LogP contribution in [0.3, 0.4) is 0 Å². The number of hydrogen-bond donors (Lipinski definition) is 1. The molecule has 0 bridgehead atoms. The molecule has 0 aliphatic heterocycles. The fraction of sp³-hybridized carbons (Fsp3) is 0.500. The molecule has 0 saturated carbocycles. The summed E-state index contributed by atoms with van der Waals surface area (Å²) >= 11 is 4.96. The van der Waals surface area contributed by atoms with Crippen LogP contribution in [0.4, 0.5) is 4.39 Å². The van der Waals surface area contributed by atoms with Gasteiger partial charge >= 0.3 is 0 Å². The van der Waals surface area contributed by atoms with Crippen LogP contribution in [0, 0.1) is 5.82 Å². The van der Waals surface area contributed by atoms with Gasteiger partial charge in [-0.25, -0.2) is 4.39 Å². The normalized spacial score (nSPS) is 14.5. The van der Waals surface area contributed by atoms with E-state index in [4.69, 9.17) is 18.0 Å². The Morgan fingerprint density at radius 2 is 2.06 bits per heavy atom. The summed E-state index contributed by atoms with van der Waals surface area (Å²) < 4.78 is 13.8. The zero-order valence-corrected chi connectivity index (χ0v) is 12.0. The van der Waals surface area contributed by atoms with Gasteiger partial charge in [0.2, 0.25) is 0 Å². The molecule has 0 spiro atoms. The van der Waals surface area contributed by atoms with Crippen molar-refractivity contribution in [1.82, 2.24) is 4.90 Å². The number of hydrogen-bond acceptors (Lipinski definition) is 2. The zero-order valence-electron chi connectivity index (χ0n) is 11.2. The fourth-order valence-electron chi connectivity index (χ4n) is 2.16. The largest absolute Gasteiger partial charge is 0.393 e. The maximum Gasteiger partial charge on any atom is 0.127 e. The van der Waals surface area contributed by atoms with Gasteiger partial charge in [-0.2, -0.15) is 0 Å². The fourth-order valence-corrected chi connectivity index (χ4v) is 2.35. The highest BCUT2D eigenvalue weighted by molar-refractivity contribution is 7.80. The van der Waals surface area contributed by atoms with Crippen LogP contribution in [0.1, 0.15) is 38.3 Å². The van der Waals surface area contributed by atoms with Crippen LogP contribution in [-0.2, 0) is 0 Å². The SMILES string of the molecule is CCC(CC(N)=S)N(C)C(C)c1ccccc1F. The van der Waals surface area contributed by atoms with E-state index in [1.807, 2.05) is 26.1 Å². The quantitative estimate of drug-likeness (QED) is 0.803. The van der Waals surface area contributed by atoms with Gasteiger partial charge in [0.05, 0.1) is 4.99 Å². The van der Waals surface area contributed by atoms with E-state index < -0.39 is 0 Å². The van der Waals surface area contributed by atoms with Crippen LogP contribution in [0.5, 0.6) is 0 Å². The van der Waals surface area contributed by atoms with E-state index in [1.165, 1.54) is 6.07 Å². The molecule has 18 heavy (non-hydrogen) atoms. The second-order valence-corrected chi connectivity index (χ2v) is 5.12. The molecule has 2 nitrogen and oxygen atoms in total. The third kappa shape index (κ3) is 3.75. The van der Waals surface area contributed by atoms with Gasteiger partial charge in [0.25, 0.3) is 0 Å². The first-order valence-corrected chi connectivity index (χ1v) is 6.62. The summed E-state index contributed by atoms with van der Waals surface area (Å²) in [6, 6.07) is 7.13. The Kier molecular flexibility index (Phi) is 5.69. The number of nitrogens with two attached hydrogens (primary N) is 1. The third-order valence-corrected chi connectivity index (χ3v) is 3.62. The van der Waals surface area contributed by atoms with Crippen LogP contribution in [0.25, 0.3) is 0 Å². The molecule has 2 atom stereocenters. The van der Waals surface area contributed by atoms with Crippen LogP contribution >= 0.6 is 12.2 Å². The number of nitrogens with zero attached hydrogens (tertiary/aromatic N) is 1. The van der Waals surface area contributed by atoms with Gasteiger partial charge in [-0.3, -0.25) is 4.90 Å². The molecule has 0 radical (unpaired) electrons. The highest BCUT2D eigenvalue weighted by Crippen LogP contribution is 2.25. The van der Waals surface area contributed by atoms with Crippen LogP contribution < -0.4 is 5.73 Å². The van der Waals surface area contributed by atoms with E-state index in [1.54, 1.807) is 6.07 Å². The molecule has 0 amide bonds. The lowest BCUT2D eigenvalue weighted by Gasteiger charge is -2.32. The van der Waals surface area contributed by atoms with Crippen molar-refractivity contribution in [2.45, 2.75) is 38.8 Å². The van der Waals surface area contributed by atoms with E-state index in [0.29, 0.717) is 17.0 Å². The average Bonchev–Trinajstić information content (AvgIpc) is 2.34. The summed E-state index contributed by atoms with van der Waals surface area (Å²) in [7, 11) is 1.99. The summed E-state index contributed by atoms with van der Waals surface area (Å²) in [5.41, 5.74) is 6.32. The minimum Gasteiger partial charge on any atom is -0.393 e. The molecule has 4 heteroatoms. The highest BCUT2D eigenvalue weighted by atomic mass is 32.1. The minimum absolute atomic E-state index is 0.00509. The number of thiocarbonyl (C=S) groups is 1. The van der Waals surface area contributed by atoms with Crippen molar-refractivity contribution in [2.75, 3.05) is 7.05 Å². The maximum atomic E-state index is 13.8. The van der Waals surface area contributed by atoms with Gasteiger partial charge in [-0.05, 0) is 26.5 Å². The van der Waals surface area contributed by atoms with Crippen molar-refractivity contribution in [1.29, 1.82) is 0 Å². The molecule has 100 valence electrons. The molecule has 2 N–H and O–H groups in total. The molecule has 0 saturated heterocycles. The first-order chi connectivity index (χ1) is 8.47. The lowest BCUT2D eigenvalue weighted by molar-refractivity contribution is 0.181. The molecule has 2 unspecified atom stereocenters. The van der Waals surface area contributed by atoms with E-state index in [2.05, 4.69) is 11.8 Å². The topological polar surface area (TPSA) is 29.3 Å². The Morgan fingerprint density at radius 1 is 1.44 bits per heavy atom. The van der Waals surface area contributed by atoms with Crippen LogP contribution in [-0.4, -0.2) is 23.0 Å². The molecule has 0 aliphatic carbocycles. The van der Waals surface area contributed by atoms with Crippen molar-refractivity contribution in [3.05, 3.63) is 35.6 Å². The summed E-state index contributed by atoms with van der Waals surface area (Å²) in [6.07, 6.45) is 1.60. The Bertz CT molecular complexity index is 409. The van der Waals surface area contributed by atoms with Crippen molar-refractivity contribution < 1.29 is 4.39 Å². The molecule has 0 aliphatic rings. The third-order valence-electron chi connectivity index (χ3n) is 3.45. The summed E-state index contributed by atoms with van der Waals surface area (Å²) in [6.45, 7) is 4.09. The van der Waals surface area contributed by atoms with Gasteiger partial charge in [0.1, 0.15) is 5.82 Å². The van der Waals surface area contributed by atoms with Gasteiger partial charge < -0.3 is 5.73 Å². The van der Waals surface area contributed by atoms with Gasteiger partial charge in [0, 0.05) is 24.1 Å². The van der Waals surface area contributed by atoms with E-state index >= 15 is 0 Å². The van der Waals surface area contributed by atoms with Crippen molar-refractivity contribution in [3.8, 4) is 0 Å². The molecule has 1 aromatic carbocycles. The second kappa shape index (κ2) is 6.81. The molecule has 1 aromatic rings. The minimum atomic E-state index is -0.165. The molecular formula is C14H21FN2S. The first-order valence-electron chi connectivity index (χ1n) is 6.22.